The standard InChI is InChI=1S/C16H26FN3O.HI/c1-13-11-14(7-8-15(13)17)12-20-16(18-2)19-9-5-4-6-10-21-3;/h7-8,11H,4-6,9-10,12H2,1-3H3,(H2,18,19,20);1H. The van der Waals surface area contributed by atoms with E-state index in [4.69, 9.17) is 4.74 Å². The molecule has 1 rings (SSSR count). The Morgan fingerprint density at radius 2 is 2.00 bits per heavy atom. The summed E-state index contributed by atoms with van der Waals surface area (Å²) >= 11 is 0. The van der Waals surface area contributed by atoms with Crippen molar-refractivity contribution < 1.29 is 9.13 Å². The van der Waals surface area contributed by atoms with E-state index in [0.717, 1.165) is 43.9 Å². The van der Waals surface area contributed by atoms with E-state index in [1.165, 1.54) is 6.07 Å². The third kappa shape index (κ3) is 8.53. The summed E-state index contributed by atoms with van der Waals surface area (Å²) in [6, 6.07) is 5.13. The van der Waals surface area contributed by atoms with E-state index >= 15 is 0 Å². The van der Waals surface area contributed by atoms with Gasteiger partial charge in [-0.25, -0.2) is 4.39 Å². The Balaban J connectivity index is 0.00000441. The van der Waals surface area contributed by atoms with Gasteiger partial charge in [0.15, 0.2) is 5.96 Å². The molecule has 0 amide bonds. The molecule has 4 nitrogen and oxygen atoms in total. The van der Waals surface area contributed by atoms with E-state index in [2.05, 4.69) is 15.6 Å². The van der Waals surface area contributed by atoms with Crippen molar-refractivity contribution in [1.29, 1.82) is 0 Å². The number of rotatable bonds is 8. The molecule has 0 spiro atoms. The average Bonchev–Trinajstić information content (AvgIpc) is 2.49. The number of benzene rings is 1. The zero-order chi connectivity index (χ0) is 15.5. The molecule has 6 heteroatoms. The zero-order valence-corrected chi connectivity index (χ0v) is 15.9. The Hall–Kier alpha value is -0.890. The third-order valence-electron chi connectivity index (χ3n) is 3.22. The van der Waals surface area contributed by atoms with Gasteiger partial charge in [-0.3, -0.25) is 4.99 Å². The number of unbranched alkanes of at least 4 members (excludes halogenated alkanes) is 2. The summed E-state index contributed by atoms with van der Waals surface area (Å²) in [7, 11) is 3.47. The van der Waals surface area contributed by atoms with Gasteiger partial charge in [-0.2, -0.15) is 0 Å². The second-order valence-corrected chi connectivity index (χ2v) is 4.99. The first kappa shape index (κ1) is 21.1. The van der Waals surface area contributed by atoms with Gasteiger partial charge in [0.05, 0.1) is 0 Å². The lowest BCUT2D eigenvalue weighted by atomic mass is 10.1. The van der Waals surface area contributed by atoms with Crippen LogP contribution in [0.5, 0.6) is 0 Å². The lowest BCUT2D eigenvalue weighted by Crippen LogP contribution is -2.37. The molecule has 0 aliphatic heterocycles. The Morgan fingerprint density at radius 1 is 1.23 bits per heavy atom. The number of methoxy groups -OCH3 is 1. The number of nitrogens with zero attached hydrogens (tertiary/aromatic N) is 1. The summed E-state index contributed by atoms with van der Waals surface area (Å²) in [6.07, 6.45) is 3.30. The van der Waals surface area contributed by atoms with Crippen LogP contribution in [0, 0.1) is 12.7 Å². The molecule has 0 bridgehead atoms. The molecule has 0 atom stereocenters. The van der Waals surface area contributed by atoms with E-state index in [9.17, 15) is 4.39 Å². The SMILES string of the molecule is CN=C(NCCCCCOC)NCc1ccc(F)c(C)c1.I. The van der Waals surface area contributed by atoms with Crippen LogP contribution in [0.1, 0.15) is 30.4 Å². The quantitative estimate of drug-likeness (QED) is 0.292. The maximum atomic E-state index is 13.2. The van der Waals surface area contributed by atoms with E-state index in [1.54, 1.807) is 27.1 Å². The van der Waals surface area contributed by atoms with Crippen LogP contribution in [0.15, 0.2) is 23.2 Å². The number of ether oxygens (including phenoxy) is 1. The molecule has 0 radical (unpaired) electrons. The number of guanidine groups is 1. The highest BCUT2D eigenvalue weighted by Gasteiger charge is 2.01. The predicted molar refractivity (Wildman–Crippen MR) is 100 cm³/mol. The second kappa shape index (κ2) is 12.6. The molecule has 126 valence electrons. The number of aryl methyl sites for hydroxylation is 1. The Bertz CT molecular complexity index is 455. The summed E-state index contributed by atoms with van der Waals surface area (Å²) in [5, 5.41) is 6.49. The van der Waals surface area contributed by atoms with Gasteiger partial charge in [0.25, 0.3) is 0 Å². The molecule has 0 aliphatic carbocycles. The zero-order valence-electron chi connectivity index (χ0n) is 13.6. The molecule has 0 saturated carbocycles. The van der Waals surface area contributed by atoms with Crippen molar-refractivity contribution >= 4 is 29.9 Å². The topological polar surface area (TPSA) is 45.7 Å². The number of aliphatic imine (C=N–C) groups is 1. The van der Waals surface area contributed by atoms with E-state index in [-0.39, 0.29) is 29.8 Å². The Labute approximate surface area is 149 Å². The van der Waals surface area contributed by atoms with Crippen LogP contribution in [0.3, 0.4) is 0 Å². The maximum Gasteiger partial charge on any atom is 0.191 e. The van der Waals surface area contributed by atoms with Gasteiger partial charge in [0.2, 0.25) is 0 Å². The van der Waals surface area contributed by atoms with Crippen molar-refractivity contribution in [2.45, 2.75) is 32.7 Å². The number of halogens is 2. The van der Waals surface area contributed by atoms with Crippen LogP contribution in [0.25, 0.3) is 0 Å². The molecule has 0 saturated heterocycles. The monoisotopic (exact) mass is 423 g/mol. The van der Waals surface area contributed by atoms with Crippen LogP contribution in [-0.4, -0.2) is 33.3 Å². The smallest absolute Gasteiger partial charge is 0.191 e. The fourth-order valence-electron chi connectivity index (χ4n) is 1.98. The van der Waals surface area contributed by atoms with Crippen LogP contribution in [0.2, 0.25) is 0 Å². The number of hydrogen-bond acceptors (Lipinski definition) is 2. The molecule has 22 heavy (non-hydrogen) atoms. The van der Waals surface area contributed by atoms with Gasteiger partial charge in [-0.15, -0.1) is 24.0 Å². The van der Waals surface area contributed by atoms with Crippen molar-refractivity contribution in [3.63, 3.8) is 0 Å². The molecular weight excluding hydrogens is 396 g/mol. The van der Waals surface area contributed by atoms with Gasteiger partial charge in [0, 0.05) is 33.9 Å². The maximum absolute atomic E-state index is 13.2. The van der Waals surface area contributed by atoms with E-state index < -0.39 is 0 Å². The minimum Gasteiger partial charge on any atom is -0.385 e. The minimum absolute atomic E-state index is 0. The highest BCUT2D eigenvalue weighted by Crippen LogP contribution is 2.08. The van der Waals surface area contributed by atoms with Crippen molar-refractivity contribution in [1.82, 2.24) is 10.6 Å². The molecule has 2 N–H and O–H groups in total. The number of hydrogen-bond donors (Lipinski definition) is 2. The molecule has 0 aliphatic rings. The van der Waals surface area contributed by atoms with Crippen LogP contribution >= 0.6 is 24.0 Å². The van der Waals surface area contributed by atoms with Gasteiger partial charge in [-0.05, 0) is 43.4 Å². The highest BCUT2D eigenvalue weighted by atomic mass is 127. The van der Waals surface area contributed by atoms with Crippen molar-refractivity contribution in [3.8, 4) is 0 Å². The molecule has 0 unspecified atom stereocenters. The second-order valence-electron chi connectivity index (χ2n) is 4.99. The fourth-order valence-corrected chi connectivity index (χ4v) is 1.98. The Kier molecular flexibility index (Phi) is 12.1. The lowest BCUT2D eigenvalue weighted by Gasteiger charge is -2.12. The minimum atomic E-state index is -0.169. The summed E-state index contributed by atoms with van der Waals surface area (Å²) in [5.74, 6) is 0.598. The summed E-state index contributed by atoms with van der Waals surface area (Å²) in [4.78, 5) is 4.17. The van der Waals surface area contributed by atoms with Crippen LogP contribution in [-0.2, 0) is 11.3 Å². The number of nitrogens with one attached hydrogen (secondary N) is 2. The van der Waals surface area contributed by atoms with Crippen molar-refractivity contribution in [2.24, 2.45) is 4.99 Å². The van der Waals surface area contributed by atoms with Gasteiger partial charge in [0.1, 0.15) is 5.82 Å². The highest BCUT2D eigenvalue weighted by molar-refractivity contribution is 14.0. The summed E-state index contributed by atoms with van der Waals surface area (Å²) in [5.41, 5.74) is 1.70. The van der Waals surface area contributed by atoms with Gasteiger partial charge in [-0.1, -0.05) is 12.1 Å². The normalized spacial score (nSPS) is 11.0. The molecule has 1 aromatic carbocycles. The van der Waals surface area contributed by atoms with E-state index in [1.807, 2.05) is 6.07 Å². The van der Waals surface area contributed by atoms with Crippen molar-refractivity contribution in [3.05, 3.63) is 35.1 Å². The first-order valence-electron chi connectivity index (χ1n) is 7.36. The summed E-state index contributed by atoms with van der Waals surface area (Å²) < 4.78 is 18.2. The predicted octanol–water partition coefficient (Wildman–Crippen LogP) is 3.23. The van der Waals surface area contributed by atoms with Crippen LogP contribution in [0.4, 0.5) is 4.39 Å². The largest absolute Gasteiger partial charge is 0.385 e. The first-order valence-corrected chi connectivity index (χ1v) is 7.36. The average molecular weight is 423 g/mol. The Morgan fingerprint density at radius 3 is 2.64 bits per heavy atom. The fraction of sp³-hybridized carbons (Fsp3) is 0.562. The lowest BCUT2D eigenvalue weighted by molar-refractivity contribution is 0.192. The molecular formula is C16H27FIN3O. The van der Waals surface area contributed by atoms with Gasteiger partial charge >= 0.3 is 0 Å². The van der Waals surface area contributed by atoms with Crippen molar-refractivity contribution in [2.75, 3.05) is 27.3 Å². The molecule has 0 fully saturated rings. The third-order valence-corrected chi connectivity index (χ3v) is 3.22. The van der Waals surface area contributed by atoms with E-state index in [0.29, 0.717) is 12.1 Å². The van der Waals surface area contributed by atoms with Gasteiger partial charge < -0.3 is 15.4 Å². The molecule has 0 heterocycles. The summed E-state index contributed by atoms with van der Waals surface area (Å²) in [6.45, 7) is 4.10. The molecule has 1 aromatic rings. The van der Waals surface area contributed by atoms with Crippen LogP contribution < -0.4 is 10.6 Å². The first-order chi connectivity index (χ1) is 10.2. The molecule has 0 aromatic heterocycles.